The zero-order valence-electron chi connectivity index (χ0n) is 32.8. The van der Waals surface area contributed by atoms with Crippen LogP contribution >= 0.6 is 0 Å². The van der Waals surface area contributed by atoms with Gasteiger partial charge in [-0.05, 0) is 59.8 Å². The molecule has 2 aromatic carbocycles. The summed E-state index contributed by atoms with van der Waals surface area (Å²) in [7, 11) is 3.56. The Morgan fingerprint density at radius 1 is 0.768 bits per heavy atom. The summed E-state index contributed by atoms with van der Waals surface area (Å²) in [5.41, 5.74) is 5.75. The Labute approximate surface area is 327 Å². The van der Waals surface area contributed by atoms with E-state index in [9.17, 15) is 19.5 Å². The van der Waals surface area contributed by atoms with Crippen LogP contribution in [-0.4, -0.2) is 103 Å². The minimum Gasteiger partial charge on any atom is -0.465 e. The van der Waals surface area contributed by atoms with Gasteiger partial charge in [-0.3, -0.25) is 9.59 Å². The fraction of sp³-hybridized carbons (Fsp3) is 0.439. The Balaban J connectivity index is 1.11. The molecule has 0 aliphatic carbocycles. The minimum atomic E-state index is -1.21. The molecule has 2 aliphatic rings. The molecule has 4 atom stereocenters. The number of aliphatic imine (C=N–C) groups is 1. The van der Waals surface area contributed by atoms with Crippen LogP contribution in [0.3, 0.4) is 0 Å². The number of hydrogen-bond donors (Lipinski definition) is 5. The van der Waals surface area contributed by atoms with Gasteiger partial charge in [-0.25, -0.2) is 14.8 Å². The van der Waals surface area contributed by atoms with Crippen molar-refractivity contribution >= 4 is 23.9 Å². The van der Waals surface area contributed by atoms with Crippen molar-refractivity contribution in [2.75, 3.05) is 27.2 Å². The number of nitrogens with one attached hydrogen (secondary N) is 4. The average molecular weight is 762 g/mol. The first-order valence-electron chi connectivity index (χ1n) is 19.2. The van der Waals surface area contributed by atoms with Gasteiger partial charge in [0.25, 0.3) is 0 Å². The Morgan fingerprint density at radius 2 is 1.18 bits per heavy atom. The highest BCUT2D eigenvalue weighted by molar-refractivity contribution is 5.90. The van der Waals surface area contributed by atoms with Gasteiger partial charge >= 0.3 is 6.09 Å². The summed E-state index contributed by atoms with van der Waals surface area (Å²) in [5, 5.41) is 24.0. The smallest absolute Gasteiger partial charge is 0.405 e. The number of likely N-dealkylation sites (tertiary alicyclic amines) is 2. The van der Waals surface area contributed by atoms with E-state index in [1.807, 2.05) is 57.1 Å². The van der Waals surface area contributed by atoms with Gasteiger partial charge in [0.1, 0.15) is 23.7 Å². The maximum atomic E-state index is 13.9. The predicted molar refractivity (Wildman–Crippen MR) is 213 cm³/mol. The number of carboxylic acid groups (broad SMARTS) is 1. The van der Waals surface area contributed by atoms with Crippen LogP contribution in [0.4, 0.5) is 4.79 Å². The lowest BCUT2D eigenvalue weighted by molar-refractivity contribution is -0.136. The first kappa shape index (κ1) is 39.5. The molecule has 0 bridgehead atoms. The highest BCUT2D eigenvalue weighted by atomic mass is 16.4. The van der Waals surface area contributed by atoms with Crippen LogP contribution in [0.25, 0.3) is 33.6 Å². The number of aromatic nitrogens is 4. The molecule has 0 radical (unpaired) electrons. The number of rotatable bonds is 11. The zero-order chi connectivity index (χ0) is 40.1. The van der Waals surface area contributed by atoms with Crippen LogP contribution < -0.4 is 10.6 Å². The highest BCUT2D eigenvalue weighted by Crippen LogP contribution is 2.35. The van der Waals surface area contributed by atoms with Crippen LogP contribution in [0, 0.1) is 23.3 Å². The SMILES string of the molecule is CC(C)[C@H](NC(=O)O)C(=O)N1CCC[C@H]1c1ncc(-c2ccc(-c3ccc(-c4cnc([C@@H]5CCCN5C(=O)[C@@H](NC(=NC#N)N(C)C)C(C)C)[nH]4)cc3)cc2)[nH]1. The molecule has 56 heavy (non-hydrogen) atoms. The van der Waals surface area contributed by atoms with E-state index in [4.69, 9.17) is 10.2 Å². The van der Waals surface area contributed by atoms with Crippen LogP contribution in [0.15, 0.2) is 65.9 Å². The van der Waals surface area contributed by atoms with E-state index in [1.54, 1.807) is 30.1 Å². The van der Waals surface area contributed by atoms with Crippen molar-refractivity contribution in [3.63, 3.8) is 0 Å². The number of imidazole rings is 2. The number of carbonyl (C=O) groups excluding carboxylic acids is 2. The molecule has 2 aromatic heterocycles. The molecule has 4 heterocycles. The number of amides is 3. The standard InChI is InChI=1S/C41H51N11O4/c1-24(2)34(48-40(45-23-42)50(5)6)38(53)51-19-7-9-32(51)36-43-21-30(46-36)28-15-11-26(12-16-28)27-13-17-29(18-14-27)31-22-44-37(47-31)33-10-8-20-52(33)39(54)35(25(3)4)49-41(55)56/h11-18,21-22,24-25,32-35,49H,7-10,19-20H2,1-6H3,(H,43,46)(H,44,47)(H,45,48)(H,55,56)/t32-,33-,34-,35-/m0/s1. The normalized spacial score (nSPS) is 18.2. The van der Waals surface area contributed by atoms with E-state index in [-0.39, 0.29) is 35.7 Å². The van der Waals surface area contributed by atoms with Gasteiger partial charge in [0, 0.05) is 27.2 Å². The van der Waals surface area contributed by atoms with Crippen molar-refractivity contribution < 1.29 is 19.5 Å². The number of hydrogen-bond acceptors (Lipinski definition) is 7. The fourth-order valence-corrected chi connectivity index (χ4v) is 7.58. The Morgan fingerprint density at radius 3 is 1.55 bits per heavy atom. The highest BCUT2D eigenvalue weighted by Gasteiger charge is 2.38. The van der Waals surface area contributed by atoms with Crippen molar-refractivity contribution in [1.29, 1.82) is 5.26 Å². The number of guanidine groups is 1. The van der Waals surface area contributed by atoms with Crippen LogP contribution in [0.1, 0.15) is 77.1 Å². The lowest BCUT2D eigenvalue weighted by atomic mass is 10.0. The van der Waals surface area contributed by atoms with Gasteiger partial charge in [-0.1, -0.05) is 76.2 Å². The molecule has 2 fully saturated rings. The van der Waals surface area contributed by atoms with E-state index < -0.39 is 18.2 Å². The molecule has 2 aliphatic heterocycles. The van der Waals surface area contributed by atoms with Crippen molar-refractivity contribution in [2.45, 2.75) is 77.5 Å². The largest absolute Gasteiger partial charge is 0.465 e. The van der Waals surface area contributed by atoms with E-state index in [0.717, 1.165) is 65.1 Å². The van der Waals surface area contributed by atoms with Crippen LogP contribution in [0.5, 0.6) is 0 Å². The van der Waals surface area contributed by atoms with Crippen LogP contribution in [0.2, 0.25) is 0 Å². The first-order chi connectivity index (χ1) is 26.9. The molecule has 15 heteroatoms. The molecule has 6 rings (SSSR count). The molecule has 5 N–H and O–H groups in total. The Bertz CT molecular complexity index is 2080. The van der Waals surface area contributed by atoms with Gasteiger partial charge in [-0.15, -0.1) is 4.99 Å². The molecule has 0 spiro atoms. The molecule has 294 valence electrons. The summed E-state index contributed by atoms with van der Waals surface area (Å²) in [6.07, 6.45) is 7.43. The van der Waals surface area contributed by atoms with E-state index >= 15 is 0 Å². The van der Waals surface area contributed by atoms with Crippen molar-refractivity contribution in [3.8, 4) is 39.8 Å². The predicted octanol–water partition coefficient (Wildman–Crippen LogP) is 5.77. The maximum Gasteiger partial charge on any atom is 0.405 e. The van der Waals surface area contributed by atoms with Crippen LogP contribution in [-0.2, 0) is 9.59 Å². The molecular weight excluding hydrogens is 711 g/mol. The van der Waals surface area contributed by atoms with Crippen molar-refractivity contribution in [2.24, 2.45) is 16.8 Å². The average Bonchev–Trinajstić information content (AvgIpc) is 4.01. The topological polar surface area (TPSA) is 199 Å². The number of nitriles is 1. The Hall–Kier alpha value is -6.17. The molecule has 15 nitrogen and oxygen atoms in total. The third-order valence-electron chi connectivity index (χ3n) is 10.6. The lowest BCUT2D eigenvalue weighted by Crippen LogP contribution is -2.53. The summed E-state index contributed by atoms with van der Waals surface area (Å²) in [6.45, 7) is 8.79. The summed E-state index contributed by atoms with van der Waals surface area (Å²) >= 11 is 0. The third-order valence-corrected chi connectivity index (χ3v) is 10.6. The minimum absolute atomic E-state index is 0.0331. The summed E-state index contributed by atoms with van der Waals surface area (Å²) < 4.78 is 0. The van der Waals surface area contributed by atoms with Gasteiger partial charge in [-0.2, -0.15) is 5.26 Å². The second-order valence-corrected chi connectivity index (χ2v) is 15.4. The molecule has 0 unspecified atom stereocenters. The van der Waals surface area contributed by atoms with Crippen molar-refractivity contribution in [3.05, 3.63) is 72.6 Å². The molecule has 4 aromatic rings. The fourth-order valence-electron chi connectivity index (χ4n) is 7.58. The van der Waals surface area contributed by atoms with Gasteiger partial charge < -0.3 is 40.4 Å². The van der Waals surface area contributed by atoms with Gasteiger partial charge in [0.2, 0.25) is 24.0 Å². The monoisotopic (exact) mass is 761 g/mol. The third kappa shape index (κ3) is 8.54. The summed E-state index contributed by atoms with van der Waals surface area (Å²) in [6, 6.07) is 14.7. The maximum absolute atomic E-state index is 13.9. The van der Waals surface area contributed by atoms with Crippen molar-refractivity contribution in [1.82, 2.24) is 45.3 Å². The molecule has 2 saturated heterocycles. The number of aromatic amines is 2. The number of benzene rings is 2. The molecule has 3 amide bonds. The van der Waals surface area contributed by atoms with Gasteiger partial charge in [0.15, 0.2) is 0 Å². The zero-order valence-corrected chi connectivity index (χ0v) is 32.8. The van der Waals surface area contributed by atoms with E-state index in [1.165, 1.54) is 0 Å². The lowest BCUT2D eigenvalue weighted by Gasteiger charge is -2.32. The van der Waals surface area contributed by atoms with Gasteiger partial charge in [0.05, 0.1) is 35.9 Å². The molecule has 0 saturated carbocycles. The number of carbonyl (C=O) groups is 3. The summed E-state index contributed by atoms with van der Waals surface area (Å²) in [4.78, 5) is 64.0. The summed E-state index contributed by atoms with van der Waals surface area (Å²) in [5.74, 6) is 1.29. The van der Waals surface area contributed by atoms with E-state index in [0.29, 0.717) is 24.9 Å². The number of H-pyrrole nitrogens is 2. The molecular formula is C41H51N11O4. The second-order valence-electron chi connectivity index (χ2n) is 15.4. The first-order valence-corrected chi connectivity index (χ1v) is 19.2. The number of nitrogens with zero attached hydrogens (tertiary/aromatic N) is 7. The second kappa shape index (κ2) is 17.1. The quantitative estimate of drug-likeness (QED) is 0.0716. The van der Waals surface area contributed by atoms with E-state index in [2.05, 4.69) is 67.0 Å². The Kier molecular flexibility index (Phi) is 12.1.